The van der Waals surface area contributed by atoms with Gasteiger partial charge >= 0.3 is 11.9 Å². The maximum atomic E-state index is 12.7. The summed E-state index contributed by atoms with van der Waals surface area (Å²) in [7, 11) is 0. The molecule has 0 bridgehead atoms. The molecule has 0 aliphatic carbocycles. The lowest BCUT2D eigenvalue weighted by Gasteiger charge is -2.39. The first-order valence-electron chi connectivity index (χ1n) is 21.4. The Morgan fingerprint density at radius 3 is 1.60 bits per heavy atom. The normalized spacial score (nSPS) is 21.2. The Labute approximate surface area is 332 Å². The Morgan fingerprint density at radius 1 is 0.582 bits per heavy atom. The first-order valence-corrected chi connectivity index (χ1v) is 21.4. The predicted molar refractivity (Wildman–Crippen MR) is 219 cm³/mol. The van der Waals surface area contributed by atoms with Crippen molar-refractivity contribution < 1.29 is 49.0 Å². The number of hydrogen-bond donors (Lipinski definition) is 4. The third kappa shape index (κ3) is 27.6. The maximum absolute atomic E-state index is 12.7. The van der Waals surface area contributed by atoms with Gasteiger partial charge in [-0.1, -0.05) is 152 Å². The van der Waals surface area contributed by atoms with Crippen LogP contribution in [-0.2, 0) is 28.5 Å². The Hall–Kier alpha value is -2.60. The summed E-state index contributed by atoms with van der Waals surface area (Å²) in [5.74, 6) is -0.877. The summed E-state index contributed by atoms with van der Waals surface area (Å²) in [6.45, 7) is 3.24. The largest absolute Gasteiger partial charge is 0.462 e. The van der Waals surface area contributed by atoms with E-state index in [4.69, 9.17) is 18.9 Å². The van der Waals surface area contributed by atoms with Gasteiger partial charge in [-0.25, -0.2) is 0 Å². The zero-order chi connectivity index (χ0) is 40.2. The summed E-state index contributed by atoms with van der Waals surface area (Å²) in [4.78, 5) is 25.2. The van der Waals surface area contributed by atoms with E-state index in [9.17, 15) is 30.0 Å². The molecule has 1 aliphatic rings. The van der Waals surface area contributed by atoms with E-state index in [0.29, 0.717) is 12.8 Å². The van der Waals surface area contributed by atoms with Crippen molar-refractivity contribution in [3.63, 3.8) is 0 Å². The van der Waals surface area contributed by atoms with E-state index in [1.54, 1.807) is 0 Å². The molecule has 6 atom stereocenters. The van der Waals surface area contributed by atoms with E-state index in [2.05, 4.69) is 68.5 Å². The lowest BCUT2D eigenvalue weighted by molar-refractivity contribution is -0.305. The molecule has 0 aromatic carbocycles. The zero-order valence-corrected chi connectivity index (χ0v) is 34.2. The fourth-order valence-electron chi connectivity index (χ4n) is 6.05. The summed E-state index contributed by atoms with van der Waals surface area (Å²) in [5.41, 5.74) is 0. The molecule has 1 fully saturated rings. The second kappa shape index (κ2) is 35.8. The van der Waals surface area contributed by atoms with Gasteiger partial charge in [0.25, 0.3) is 0 Å². The summed E-state index contributed by atoms with van der Waals surface area (Å²) in [6.07, 6.45) is 35.2. The number of rotatable bonds is 34. The minimum absolute atomic E-state index is 0.196. The van der Waals surface area contributed by atoms with Gasteiger partial charge in [0.2, 0.25) is 0 Å². The molecular weight excluding hydrogens is 700 g/mol. The van der Waals surface area contributed by atoms with Crippen molar-refractivity contribution >= 4 is 11.9 Å². The third-order valence-electron chi connectivity index (χ3n) is 9.42. The van der Waals surface area contributed by atoms with Crippen LogP contribution in [-0.4, -0.2) is 89.0 Å². The van der Waals surface area contributed by atoms with E-state index in [0.717, 1.165) is 57.8 Å². The van der Waals surface area contributed by atoms with E-state index >= 15 is 0 Å². The molecule has 0 radical (unpaired) electrons. The monoisotopic (exact) mass is 777 g/mol. The smallest absolute Gasteiger partial charge is 0.306 e. The minimum Gasteiger partial charge on any atom is -0.462 e. The molecule has 0 aromatic rings. The number of hydrogen-bond acceptors (Lipinski definition) is 10. The second-order valence-electron chi connectivity index (χ2n) is 14.4. The maximum Gasteiger partial charge on any atom is 0.306 e. The highest BCUT2D eigenvalue weighted by Crippen LogP contribution is 2.22. The molecule has 55 heavy (non-hydrogen) atoms. The molecule has 0 saturated carbocycles. The van der Waals surface area contributed by atoms with Crippen molar-refractivity contribution in [1.29, 1.82) is 0 Å². The molecule has 10 nitrogen and oxygen atoms in total. The van der Waals surface area contributed by atoms with E-state index < -0.39 is 55.4 Å². The van der Waals surface area contributed by atoms with Gasteiger partial charge in [-0.3, -0.25) is 9.59 Å². The van der Waals surface area contributed by atoms with E-state index in [1.807, 2.05) is 6.08 Å². The van der Waals surface area contributed by atoms with E-state index in [1.165, 1.54) is 57.8 Å². The van der Waals surface area contributed by atoms with Gasteiger partial charge in [-0.15, -0.1) is 0 Å². The molecule has 1 aliphatic heterocycles. The number of carbonyl (C=O) groups excluding carboxylic acids is 2. The number of esters is 2. The number of carbonyl (C=O) groups is 2. The minimum atomic E-state index is -1.60. The molecule has 4 N–H and O–H groups in total. The van der Waals surface area contributed by atoms with Crippen molar-refractivity contribution in [1.82, 2.24) is 0 Å². The molecule has 10 heteroatoms. The van der Waals surface area contributed by atoms with Gasteiger partial charge in [0, 0.05) is 12.8 Å². The first kappa shape index (κ1) is 50.4. The average Bonchev–Trinajstić information content (AvgIpc) is 3.18. The predicted octanol–water partition coefficient (Wildman–Crippen LogP) is 8.66. The summed E-state index contributed by atoms with van der Waals surface area (Å²) >= 11 is 0. The summed E-state index contributed by atoms with van der Waals surface area (Å²) < 4.78 is 22.1. The van der Waals surface area contributed by atoms with Crippen LogP contribution in [0.15, 0.2) is 60.8 Å². The molecule has 0 spiro atoms. The molecule has 6 unspecified atom stereocenters. The molecular formula is C45H76O10. The molecule has 1 saturated heterocycles. The number of aliphatic hydroxyl groups is 4. The average molecular weight is 777 g/mol. The van der Waals surface area contributed by atoms with Crippen LogP contribution in [0.4, 0.5) is 0 Å². The highest BCUT2D eigenvalue weighted by atomic mass is 16.7. The van der Waals surface area contributed by atoms with Crippen LogP contribution in [0, 0.1) is 0 Å². The molecule has 0 aromatic heterocycles. The van der Waals surface area contributed by atoms with Gasteiger partial charge in [0.05, 0.1) is 13.2 Å². The Balaban J connectivity index is 2.40. The van der Waals surface area contributed by atoms with Gasteiger partial charge < -0.3 is 39.4 Å². The number of ether oxygens (including phenoxy) is 4. The number of aliphatic hydroxyl groups excluding tert-OH is 4. The fourth-order valence-corrected chi connectivity index (χ4v) is 6.05. The van der Waals surface area contributed by atoms with E-state index in [-0.39, 0.29) is 26.1 Å². The fraction of sp³-hybridized carbons (Fsp3) is 0.733. The van der Waals surface area contributed by atoms with Gasteiger partial charge in [0.15, 0.2) is 12.4 Å². The standard InChI is InChI=1S/C45H76O10/c1-3-5-7-9-11-13-15-17-18-19-20-22-23-25-27-29-31-33-40(47)52-36-38(37-53-45-44(51)43(50)42(49)39(35-46)55-45)54-41(48)34-32-30-28-26-24-21-16-14-12-10-8-6-4-2/h5,7,11,13,17-18,20,22,25,27,38-39,42-46,49-51H,3-4,6,8-10,12,14-16,19,21,23-24,26,28-37H2,1-2H3. The molecule has 1 heterocycles. The molecule has 0 amide bonds. The van der Waals surface area contributed by atoms with Gasteiger partial charge in [-0.05, 0) is 51.4 Å². The highest BCUT2D eigenvalue weighted by molar-refractivity contribution is 5.70. The summed E-state index contributed by atoms with van der Waals surface area (Å²) in [5, 5.41) is 40.0. The van der Waals surface area contributed by atoms with Crippen molar-refractivity contribution in [2.75, 3.05) is 19.8 Å². The first-order chi connectivity index (χ1) is 26.8. The van der Waals surface area contributed by atoms with Crippen molar-refractivity contribution in [2.45, 2.75) is 192 Å². The Morgan fingerprint density at radius 2 is 1.07 bits per heavy atom. The van der Waals surface area contributed by atoms with Crippen molar-refractivity contribution in [2.24, 2.45) is 0 Å². The van der Waals surface area contributed by atoms with Crippen LogP contribution in [0.1, 0.15) is 155 Å². The van der Waals surface area contributed by atoms with Crippen LogP contribution in [0.25, 0.3) is 0 Å². The molecule has 316 valence electrons. The summed E-state index contributed by atoms with van der Waals surface area (Å²) in [6, 6.07) is 0. The van der Waals surface area contributed by atoms with Crippen molar-refractivity contribution in [3.05, 3.63) is 60.8 Å². The van der Waals surface area contributed by atoms with Crippen LogP contribution in [0.5, 0.6) is 0 Å². The van der Waals surface area contributed by atoms with Crippen LogP contribution >= 0.6 is 0 Å². The lowest BCUT2D eigenvalue weighted by atomic mass is 9.99. The van der Waals surface area contributed by atoms with Gasteiger partial charge in [-0.2, -0.15) is 0 Å². The SMILES string of the molecule is CCC=CCC=CCC=CCC=CCC=CCCCC(=O)OCC(COC1OC(CO)C(O)C(O)C1O)OC(=O)CCCCCCCCCCCCCCC. The van der Waals surface area contributed by atoms with Crippen LogP contribution < -0.4 is 0 Å². The Kier molecular flexibility index (Phi) is 32.8. The van der Waals surface area contributed by atoms with Crippen molar-refractivity contribution in [3.8, 4) is 0 Å². The second-order valence-corrected chi connectivity index (χ2v) is 14.4. The number of allylic oxidation sites excluding steroid dienone is 10. The van der Waals surface area contributed by atoms with Gasteiger partial charge in [0.1, 0.15) is 31.0 Å². The Bertz CT molecular complexity index is 1080. The highest BCUT2D eigenvalue weighted by Gasteiger charge is 2.44. The van der Waals surface area contributed by atoms with Crippen LogP contribution in [0.3, 0.4) is 0 Å². The van der Waals surface area contributed by atoms with Crippen LogP contribution in [0.2, 0.25) is 0 Å². The third-order valence-corrected chi connectivity index (χ3v) is 9.42. The quantitative estimate of drug-likeness (QED) is 0.0284. The number of unbranched alkanes of at least 4 members (excludes halogenated alkanes) is 13. The molecule has 1 rings (SSSR count). The lowest BCUT2D eigenvalue weighted by Crippen LogP contribution is -2.59. The topological polar surface area (TPSA) is 152 Å². The zero-order valence-electron chi connectivity index (χ0n) is 34.2.